The number of benzene rings is 1. The van der Waals surface area contributed by atoms with Crippen molar-refractivity contribution in [2.75, 3.05) is 12.8 Å². The quantitative estimate of drug-likeness (QED) is 0.843. The second-order valence-electron chi connectivity index (χ2n) is 3.18. The van der Waals surface area contributed by atoms with Crippen molar-refractivity contribution < 1.29 is 4.74 Å². The van der Waals surface area contributed by atoms with Crippen LogP contribution in [0.1, 0.15) is 5.56 Å². The van der Waals surface area contributed by atoms with Crippen LogP contribution in [0, 0.1) is 6.92 Å². The third kappa shape index (κ3) is 1.78. The number of ether oxygens (including phenoxy) is 1. The first-order valence-electron chi connectivity index (χ1n) is 4.45. The second kappa shape index (κ2) is 3.86. The molecule has 4 nitrogen and oxygen atoms in total. The van der Waals surface area contributed by atoms with Gasteiger partial charge in [0.25, 0.3) is 0 Å². The van der Waals surface area contributed by atoms with E-state index < -0.39 is 0 Å². The standard InChI is InChI=1S/C10H11N3OS/c1-6-5-7(14-2)3-4-8(6)9-10(11)13-15-12-9/h3-5H,1-2H3,(H2,11,13). The molecule has 1 heterocycles. The topological polar surface area (TPSA) is 61.0 Å². The molecule has 1 aromatic carbocycles. The first-order valence-corrected chi connectivity index (χ1v) is 5.18. The highest BCUT2D eigenvalue weighted by Crippen LogP contribution is 2.29. The van der Waals surface area contributed by atoms with Gasteiger partial charge in [-0.15, -0.1) is 0 Å². The number of nitrogens with two attached hydrogens (primary N) is 1. The summed E-state index contributed by atoms with van der Waals surface area (Å²) in [6.45, 7) is 2.00. The molecular formula is C10H11N3OS. The predicted molar refractivity (Wildman–Crippen MR) is 61.0 cm³/mol. The fraction of sp³-hybridized carbons (Fsp3) is 0.200. The first kappa shape index (κ1) is 9.92. The maximum absolute atomic E-state index is 5.72. The number of aryl methyl sites for hydroxylation is 1. The van der Waals surface area contributed by atoms with Crippen molar-refractivity contribution in [1.29, 1.82) is 0 Å². The van der Waals surface area contributed by atoms with Crippen molar-refractivity contribution in [3.8, 4) is 17.0 Å². The average molecular weight is 221 g/mol. The molecule has 0 radical (unpaired) electrons. The molecular weight excluding hydrogens is 210 g/mol. The monoisotopic (exact) mass is 221 g/mol. The van der Waals surface area contributed by atoms with E-state index in [1.807, 2.05) is 25.1 Å². The van der Waals surface area contributed by atoms with E-state index >= 15 is 0 Å². The lowest BCUT2D eigenvalue weighted by atomic mass is 10.1. The predicted octanol–water partition coefficient (Wildman–Crippen LogP) is 2.10. The van der Waals surface area contributed by atoms with E-state index in [1.165, 1.54) is 0 Å². The molecule has 0 bridgehead atoms. The molecule has 0 saturated carbocycles. The van der Waals surface area contributed by atoms with E-state index in [0.29, 0.717) is 5.82 Å². The SMILES string of the molecule is COc1ccc(-c2nsnc2N)c(C)c1. The summed E-state index contributed by atoms with van der Waals surface area (Å²) in [6, 6.07) is 5.79. The third-order valence-corrected chi connectivity index (χ3v) is 2.75. The van der Waals surface area contributed by atoms with Gasteiger partial charge in [-0.25, -0.2) is 0 Å². The Morgan fingerprint density at radius 2 is 2.13 bits per heavy atom. The molecule has 5 heteroatoms. The Hall–Kier alpha value is -1.62. The smallest absolute Gasteiger partial charge is 0.165 e. The van der Waals surface area contributed by atoms with Gasteiger partial charge < -0.3 is 10.5 Å². The van der Waals surface area contributed by atoms with Crippen molar-refractivity contribution in [2.24, 2.45) is 0 Å². The highest BCUT2D eigenvalue weighted by molar-refractivity contribution is 6.99. The van der Waals surface area contributed by atoms with E-state index in [2.05, 4.69) is 8.75 Å². The van der Waals surface area contributed by atoms with Gasteiger partial charge in [0.15, 0.2) is 5.82 Å². The largest absolute Gasteiger partial charge is 0.497 e. The number of hydrogen-bond acceptors (Lipinski definition) is 5. The summed E-state index contributed by atoms with van der Waals surface area (Å²) < 4.78 is 13.3. The summed E-state index contributed by atoms with van der Waals surface area (Å²) in [5.41, 5.74) is 8.55. The fourth-order valence-corrected chi connectivity index (χ4v) is 1.90. The van der Waals surface area contributed by atoms with Crippen LogP contribution in [0.4, 0.5) is 5.82 Å². The molecule has 0 aliphatic rings. The van der Waals surface area contributed by atoms with Crippen molar-refractivity contribution in [3.63, 3.8) is 0 Å². The number of nitrogen functional groups attached to an aromatic ring is 1. The van der Waals surface area contributed by atoms with Gasteiger partial charge >= 0.3 is 0 Å². The van der Waals surface area contributed by atoms with Crippen molar-refractivity contribution >= 4 is 17.5 Å². The molecule has 0 amide bonds. The number of methoxy groups -OCH3 is 1. The minimum atomic E-state index is 0.480. The summed E-state index contributed by atoms with van der Waals surface area (Å²) >= 11 is 1.12. The number of aromatic nitrogens is 2. The molecule has 1 aromatic heterocycles. The Kier molecular flexibility index (Phi) is 2.55. The zero-order valence-electron chi connectivity index (χ0n) is 8.52. The molecule has 0 aliphatic heterocycles. The van der Waals surface area contributed by atoms with E-state index in [0.717, 1.165) is 34.3 Å². The summed E-state index contributed by atoms with van der Waals surface area (Å²) in [5.74, 6) is 1.31. The lowest BCUT2D eigenvalue weighted by Crippen LogP contribution is -1.91. The number of nitrogens with zero attached hydrogens (tertiary/aromatic N) is 2. The molecule has 78 valence electrons. The number of rotatable bonds is 2. The van der Waals surface area contributed by atoms with Gasteiger partial charge in [0.1, 0.15) is 11.4 Å². The van der Waals surface area contributed by atoms with Crippen molar-refractivity contribution in [2.45, 2.75) is 6.92 Å². The molecule has 0 spiro atoms. The molecule has 0 unspecified atom stereocenters. The minimum Gasteiger partial charge on any atom is -0.497 e. The lowest BCUT2D eigenvalue weighted by molar-refractivity contribution is 0.414. The van der Waals surface area contributed by atoms with E-state index in [-0.39, 0.29) is 0 Å². The summed E-state index contributed by atoms with van der Waals surface area (Å²) in [5, 5.41) is 0. The Bertz CT molecular complexity index is 481. The highest BCUT2D eigenvalue weighted by atomic mass is 32.1. The molecule has 0 aliphatic carbocycles. The summed E-state index contributed by atoms with van der Waals surface area (Å²) in [7, 11) is 1.65. The number of hydrogen-bond donors (Lipinski definition) is 1. The van der Waals surface area contributed by atoms with Gasteiger partial charge in [0.2, 0.25) is 0 Å². The van der Waals surface area contributed by atoms with Gasteiger partial charge in [0.05, 0.1) is 18.8 Å². The average Bonchev–Trinajstić information content (AvgIpc) is 2.64. The lowest BCUT2D eigenvalue weighted by Gasteiger charge is -2.05. The van der Waals surface area contributed by atoms with Gasteiger partial charge in [-0.05, 0) is 30.7 Å². The van der Waals surface area contributed by atoms with E-state index in [1.54, 1.807) is 7.11 Å². The maximum atomic E-state index is 5.72. The van der Waals surface area contributed by atoms with Crippen LogP contribution in [-0.4, -0.2) is 15.9 Å². The van der Waals surface area contributed by atoms with Gasteiger partial charge in [-0.2, -0.15) is 8.75 Å². The third-order valence-electron chi connectivity index (χ3n) is 2.20. The molecule has 2 rings (SSSR count). The van der Waals surface area contributed by atoms with Crippen LogP contribution in [0.25, 0.3) is 11.3 Å². The summed E-state index contributed by atoms with van der Waals surface area (Å²) in [6.07, 6.45) is 0. The zero-order valence-corrected chi connectivity index (χ0v) is 9.34. The van der Waals surface area contributed by atoms with Crippen molar-refractivity contribution in [3.05, 3.63) is 23.8 Å². The van der Waals surface area contributed by atoms with Gasteiger partial charge in [-0.1, -0.05) is 0 Å². The molecule has 0 atom stereocenters. The second-order valence-corrected chi connectivity index (χ2v) is 3.71. The Labute approximate surface area is 92.0 Å². The molecule has 15 heavy (non-hydrogen) atoms. The van der Waals surface area contributed by atoms with Crippen LogP contribution in [0.2, 0.25) is 0 Å². The minimum absolute atomic E-state index is 0.480. The van der Waals surface area contributed by atoms with Crippen molar-refractivity contribution in [1.82, 2.24) is 8.75 Å². The fourth-order valence-electron chi connectivity index (χ4n) is 1.41. The van der Waals surface area contributed by atoms with Crippen LogP contribution >= 0.6 is 11.7 Å². The maximum Gasteiger partial charge on any atom is 0.165 e. The van der Waals surface area contributed by atoms with Crippen LogP contribution in [0.15, 0.2) is 18.2 Å². The Morgan fingerprint density at radius 1 is 1.33 bits per heavy atom. The van der Waals surface area contributed by atoms with Gasteiger partial charge in [0, 0.05) is 5.56 Å². The molecule has 2 N–H and O–H groups in total. The van der Waals surface area contributed by atoms with Gasteiger partial charge in [-0.3, -0.25) is 0 Å². The van der Waals surface area contributed by atoms with Crippen LogP contribution < -0.4 is 10.5 Å². The first-order chi connectivity index (χ1) is 7.22. The van der Waals surface area contributed by atoms with E-state index in [4.69, 9.17) is 10.5 Å². The normalized spacial score (nSPS) is 10.3. The van der Waals surface area contributed by atoms with Crippen LogP contribution in [0.5, 0.6) is 5.75 Å². The Balaban J connectivity index is 2.50. The Morgan fingerprint density at radius 3 is 2.67 bits per heavy atom. The highest BCUT2D eigenvalue weighted by Gasteiger charge is 2.10. The molecule has 2 aromatic rings. The van der Waals surface area contributed by atoms with Crippen LogP contribution in [-0.2, 0) is 0 Å². The number of anilines is 1. The molecule has 0 fully saturated rings. The summed E-state index contributed by atoms with van der Waals surface area (Å²) in [4.78, 5) is 0. The molecule has 0 saturated heterocycles. The van der Waals surface area contributed by atoms with E-state index in [9.17, 15) is 0 Å². The zero-order chi connectivity index (χ0) is 10.8. The van der Waals surface area contributed by atoms with Crippen LogP contribution in [0.3, 0.4) is 0 Å².